The van der Waals surface area contributed by atoms with Gasteiger partial charge in [0.25, 0.3) is 0 Å². The molecule has 2 aromatic rings. The standard InChI is InChI=1S/C16H22BrN3/c1-5-20-15(16(17)12(4)19-20)9-14(18)13-8-6-7-10(2)11(13)3/h6-8,14H,5,9,18H2,1-4H3. The molecule has 0 saturated heterocycles. The Morgan fingerprint density at radius 3 is 2.65 bits per heavy atom. The van der Waals surface area contributed by atoms with Gasteiger partial charge in [0, 0.05) is 19.0 Å². The highest BCUT2D eigenvalue weighted by atomic mass is 79.9. The van der Waals surface area contributed by atoms with Crippen molar-refractivity contribution in [2.24, 2.45) is 5.73 Å². The summed E-state index contributed by atoms with van der Waals surface area (Å²) in [6.07, 6.45) is 0.791. The van der Waals surface area contributed by atoms with Gasteiger partial charge in [0.2, 0.25) is 0 Å². The Hall–Kier alpha value is -1.13. The molecule has 2 rings (SSSR count). The molecule has 0 radical (unpaired) electrons. The van der Waals surface area contributed by atoms with E-state index in [4.69, 9.17) is 5.73 Å². The number of aryl methyl sites for hydroxylation is 3. The fourth-order valence-electron chi connectivity index (χ4n) is 2.56. The summed E-state index contributed by atoms with van der Waals surface area (Å²) >= 11 is 3.64. The van der Waals surface area contributed by atoms with Gasteiger partial charge in [-0.1, -0.05) is 18.2 Å². The molecule has 1 heterocycles. The van der Waals surface area contributed by atoms with Crippen molar-refractivity contribution in [2.75, 3.05) is 0 Å². The molecule has 108 valence electrons. The van der Waals surface area contributed by atoms with Crippen LogP contribution in [0, 0.1) is 20.8 Å². The lowest BCUT2D eigenvalue weighted by atomic mass is 9.95. The van der Waals surface area contributed by atoms with Gasteiger partial charge in [-0.15, -0.1) is 0 Å². The molecular formula is C16H22BrN3. The first-order valence-corrected chi connectivity index (χ1v) is 7.78. The summed E-state index contributed by atoms with van der Waals surface area (Å²) in [5, 5.41) is 4.53. The minimum Gasteiger partial charge on any atom is -0.324 e. The van der Waals surface area contributed by atoms with Crippen LogP contribution in [0.1, 0.15) is 41.0 Å². The summed E-state index contributed by atoms with van der Waals surface area (Å²) in [7, 11) is 0. The Morgan fingerprint density at radius 2 is 2.00 bits per heavy atom. The van der Waals surface area contributed by atoms with E-state index in [0.717, 1.165) is 23.1 Å². The molecule has 0 fully saturated rings. The molecule has 1 unspecified atom stereocenters. The van der Waals surface area contributed by atoms with Gasteiger partial charge in [-0.05, 0) is 60.3 Å². The highest BCUT2D eigenvalue weighted by molar-refractivity contribution is 9.10. The average molecular weight is 336 g/mol. The van der Waals surface area contributed by atoms with Crippen molar-refractivity contribution in [3.8, 4) is 0 Å². The monoisotopic (exact) mass is 335 g/mol. The smallest absolute Gasteiger partial charge is 0.0738 e. The van der Waals surface area contributed by atoms with Crippen LogP contribution in [0.15, 0.2) is 22.7 Å². The molecule has 2 N–H and O–H groups in total. The Labute approximate surface area is 129 Å². The fraction of sp³-hybridized carbons (Fsp3) is 0.438. The third kappa shape index (κ3) is 2.81. The van der Waals surface area contributed by atoms with Crippen molar-refractivity contribution in [1.29, 1.82) is 0 Å². The number of hydrogen-bond acceptors (Lipinski definition) is 2. The summed E-state index contributed by atoms with van der Waals surface area (Å²) in [6.45, 7) is 9.25. The number of nitrogens with two attached hydrogens (primary N) is 1. The molecule has 0 bridgehead atoms. The molecule has 4 heteroatoms. The van der Waals surface area contributed by atoms with E-state index in [9.17, 15) is 0 Å². The van der Waals surface area contributed by atoms with Crippen LogP contribution in [-0.4, -0.2) is 9.78 Å². The summed E-state index contributed by atoms with van der Waals surface area (Å²) in [6, 6.07) is 6.32. The Bertz CT molecular complexity index is 616. The molecule has 0 spiro atoms. The van der Waals surface area contributed by atoms with Crippen LogP contribution in [-0.2, 0) is 13.0 Å². The molecule has 0 aliphatic carbocycles. The molecular weight excluding hydrogens is 314 g/mol. The van der Waals surface area contributed by atoms with Gasteiger partial charge in [-0.2, -0.15) is 5.10 Å². The number of rotatable bonds is 4. The molecule has 0 amide bonds. The number of nitrogens with zero attached hydrogens (tertiary/aromatic N) is 2. The Kier molecular flexibility index (Phi) is 4.66. The zero-order valence-electron chi connectivity index (χ0n) is 12.6. The second-order valence-corrected chi connectivity index (χ2v) is 6.05. The van der Waals surface area contributed by atoms with E-state index < -0.39 is 0 Å². The van der Waals surface area contributed by atoms with Gasteiger partial charge >= 0.3 is 0 Å². The van der Waals surface area contributed by atoms with Gasteiger partial charge in [-0.3, -0.25) is 4.68 Å². The van der Waals surface area contributed by atoms with Gasteiger partial charge in [-0.25, -0.2) is 0 Å². The molecule has 0 aliphatic rings. The topological polar surface area (TPSA) is 43.8 Å². The van der Waals surface area contributed by atoms with Crippen LogP contribution in [0.2, 0.25) is 0 Å². The zero-order valence-corrected chi connectivity index (χ0v) is 14.2. The second kappa shape index (κ2) is 6.10. The fourth-order valence-corrected chi connectivity index (χ4v) is 3.00. The molecule has 20 heavy (non-hydrogen) atoms. The Balaban J connectivity index is 2.32. The van der Waals surface area contributed by atoms with Crippen LogP contribution >= 0.6 is 15.9 Å². The van der Waals surface area contributed by atoms with E-state index in [2.05, 4.69) is 60.0 Å². The summed E-state index contributed by atoms with van der Waals surface area (Å²) < 4.78 is 3.12. The zero-order chi connectivity index (χ0) is 14.9. The first-order chi connectivity index (χ1) is 9.45. The second-order valence-electron chi connectivity index (χ2n) is 5.26. The lowest BCUT2D eigenvalue weighted by Gasteiger charge is -2.17. The van der Waals surface area contributed by atoms with E-state index in [1.165, 1.54) is 22.4 Å². The van der Waals surface area contributed by atoms with Crippen molar-refractivity contribution in [3.05, 3.63) is 50.8 Å². The minimum atomic E-state index is -0.00685. The van der Waals surface area contributed by atoms with Crippen molar-refractivity contribution in [1.82, 2.24) is 9.78 Å². The first kappa shape index (κ1) is 15.3. The third-order valence-electron chi connectivity index (χ3n) is 3.91. The molecule has 3 nitrogen and oxygen atoms in total. The van der Waals surface area contributed by atoms with Crippen LogP contribution in [0.25, 0.3) is 0 Å². The first-order valence-electron chi connectivity index (χ1n) is 6.99. The van der Waals surface area contributed by atoms with Gasteiger partial charge < -0.3 is 5.73 Å². The highest BCUT2D eigenvalue weighted by Crippen LogP contribution is 2.27. The summed E-state index contributed by atoms with van der Waals surface area (Å²) in [4.78, 5) is 0. The molecule has 0 saturated carbocycles. The lowest BCUT2D eigenvalue weighted by molar-refractivity contribution is 0.585. The SMILES string of the molecule is CCn1nc(C)c(Br)c1CC(N)c1cccc(C)c1C. The van der Waals surface area contributed by atoms with E-state index in [0.29, 0.717) is 0 Å². The number of halogens is 1. The third-order valence-corrected chi connectivity index (χ3v) is 4.94. The predicted octanol–water partition coefficient (Wildman–Crippen LogP) is 3.83. The van der Waals surface area contributed by atoms with Crippen LogP contribution in [0.3, 0.4) is 0 Å². The largest absolute Gasteiger partial charge is 0.324 e. The van der Waals surface area contributed by atoms with Crippen molar-refractivity contribution in [3.63, 3.8) is 0 Å². The maximum absolute atomic E-state index is 6.44. The maximum atomic E-state index is 6.44. The normalized spacial score (nSPS) is 12.7. The number of benzene rings is 1. The van der Waals surface area contributed by atoms with Crippen LogP contribution in [0.5, 0.6) is 0 Å². The maximum Gasteiger partial charge on any atom is 0.0738 e. The van der Waals surface area contributed by atoms with E-state index in [-0.39, 0.29) is 6.04 Å². The Morgan fingerprint density at radius 1 is 1.30 bits per heavy atom. The molecule has 1 atom stereocenters. The molecule has 1 aromatic heterocycles. The number of hydrogen-bond donors (Lipinski definition) is 1. The highest BCUT2D eigenvalue weighted by Gasteiger charge is 2.17. The summed E-state index contributed by atoms with van der Waals surface area (Å²) in [5.74, 6) is 0. The summed E-state index contributed by atoms with van der Waals surface area (Å²) in [5.41, 5.74) is 12.4. The van der Waals surface area contributed by atoms with E-state index in [1.54, 1.807) is 0 Å². The van der Waals surface area contributed by atoms with Crippen LogP contribution < -0.4 is 5.73 Å². The van der Waals surface area contributed by atoms with Gasteiger partial charge in [0.05, 0.1) is 15.9 Å². The van der Waals surface area contributed by atoms with Gasteiger partial charge in [0.15, 0.2) is 0 Å². The van der Waals surface area contributed by atoms with Crippen molar-refractivity contribution >= 4 is 15.9 Å². The minimum absolute atomic E-state index is 0.00685. The average Bonchev–Trinajstić information content (AvgIpc) is 2.69. The van der Waals surface area contributed by atoms with E-state index in [1.807, 2.05) is 11.6 Å². The van der Waals surface area contributed by atoms with Gasteiger partial charge in [0.1, 0.15) is 0 Å². The van der Waals surface area contributed by atoms with E-state index >= 15 is 0 Å². The van der Waals surface area contributed by atoms with Crippen molar-refractivity contribution < 1.29 is 0 Å². The molecule has 0 aliphatic heterocycles. The lowest BCUT2D eigenvalue weighted by Crippen LogP contribution is -2.17. The quantitative estimate of drug-likeness (QED) is 0.922. The predicted molar refractivity (Wildman–Crippen MR) is 86.9 cm³/mol. The van der Waals surface area contributed by atoms with Crippen LogP contribution in [0.4, 0.5) is 0 Å². The van der Waals surface area contributed by atoms with Crippen molar-refractivity contribution in [2.45, 2.75) is 46.7 Å². The number of aromatic nitrogens is 2. The molecule has 1 aromatic carbocycles.